The van der Waals surface area contributed by atoms with Gasteiger partial charge in [0.2, 0.25) is 5.91 Å². The topological polar surface area (TPSA) is 98.2 Å². The minimum Gasteiger partial charge on any atom is -0.293 e. The summed E-state index contributed by atoms with van der Waals surface area (Å²) < 4.78 is 0. The summed E-state index contributed by atoms with van der Waals surface area (Å²) in [5.74, 6) is -0.264. The van der Waals surface area contributed by atoms with Gasteiger partial charge in [-0.25, -0.2) is 4.79 Å². The number of benzene rings is 1. The lowest BCUT2D eigenvalue weighted by atomic mass is 10.1. The standard InChI is InChI=1S/C11H11N5O2/c1-7-6-8(14-15-12)2-3-9(7)16-5-4-10(17)13-11(16)18/h2-3,6H,4-5H2,1H3,(H,13,17,18). The van der Waals surface area contributed by atoms with Gasteiger partial charge in [-0.05, 0) is 30.2 Å². The number of rotatable bonds is 2. The lowest BCUT2D eigenvalue weighted by Crippen LogP contribution is -2.49. The average molecular weight is 245 g/mol. The second-order valence-corrected chi connectivity index (χ2v) is 3.92. The fourth-order valence-corrected chi connectivity index (χ4v) is 1.85. The number of amides is 3. The van der Waals surface area contributed by atoms with Crippen LogP contribution in [0, 0.1) is 6.92 Å². The van der Waals surface area contributed by atoms with Crippen LogP contribution in [0.1, 0.15) is 12.0 Å². The molecule has 0 aliphatic carbocycles. The first-order chi connectivity index (χ1) is 8.61. The van der Waals surface area contributed by atoms with Gasteiger partial charge in [0.1, 0.15) is 0 Å². The lowest BCUT2D eigenvalue weighted by Gasteiger charge is -2.27. The van der Waals surface area contributed by atoms with Gasteiger partial charge in [-0.2, -0.15) is 0 Å². The van der Waals surface area contributed by atoms with Crippen molar-refractivity contribution >= 4 is 23.3 Å². The minimum atomic E-state index is -0.425. The van der Waals surface area contributed by atoms with Crippen LogP contribution in [0.4, 0.5) is 16.2 Å². The molecule has 7 heteroatoms. The average Bonchev–Trinajstić information content (AvgIpc) is 2.31. The van der Waals surface area contributed by atoms with E-state index in [1.165, 1.54) is 4.90 Å². The van der Waals surface area contributed by atoms with E-state index in [-0.39, 0.29) is 12.3 Å². The van der Waals surface area contributed by atoms with Crippen molar-refractivity contribution in [3.05, 3.63) is 34.2 Å². The lowest BCUT2D eigenvalue weighted by molar-refractivity contribution is -0.120. The molecule has 1 fully saturated rings. The van der Waals surface area contributed by atoms with Crippen LogP contribution in [0.15, 0.2) is 23.3 Å². The minimum absolute atomic E-state index is 0.264. The Bertz CT molecular complexity index is 563. The fourth-order valence-electron chi connectivity index (χ4n) is 1.85. The van der Waals surface area contributed by atoms with Crippen molar-refractivity contribution in [3.8, 4) is 0 Å². The number of hydrogen-bond donors (Lipinski definition) is 1. The SMILES string of the molecule is Cc1cc(N=[N+]=[N-])ccc1N1CCC(=O)NC1=O. The van der Waals surface area contributed by atoms with Gasteiger partial charge >= 0.3 is 6.03 Å². The van der Waals surface area contributed by atoms with Crippen LogP contribution >= 0.6 is 0 Å². The molecule has 0 atom stereocenters. The Morgan fingerprint density at radius 3 is 2.83 bits per heavy atom. The molecule has 3 amide bonds. The smallest absolute Gasteiger partial charge is 0.293 e. The van der Waals surface area contributed by atoms with E-state index in [1.54, 1.807) is 18.2 Å². The van der Waals surface area contributed by atoms with Gasteiger partial charge in [0.25, 0.3) is 0 Å². The number of urea groups is 1. The molecule has 18 heavy (non-hydrogen) atoms. The zero-order valence-electron chi connectivity index (χ0n) is 9.75. The molecular weight excluding hydrogens is 234 g/mol. The number of aryl methyl sites for hydroxylation is 1. The van der Waals surface area contributed by atoms with E-state index in [2.05, 4.69) is 15.3 Å². The van der Waals surface area contributed by atoms with Gasteiger partial charge in [-0.15, -0.1) is 0 Å². The Labute approximate surface area is 103 Å². The maximum atomic E-state index is 11.7. The third-order valence-corrected chi connectivity index (χ3v) is 2.69. The zero-order valence-corrected chi connectivity index (χ0v) is 9.75. The molecule has 0 unspecified atom stereocenters. The normalized spacial score (nSPS) is 15.1. The predicted octanol–water partition coefficient (Wildman–Crippen LogP) is 2.38. The van der Waals surface area contributed by atoms with E-state index in [0.717, 1.165) is 5.56 Å². The van der Waals surface area contributed by atoms with Crippen LogP contribution in [-0.4, -0.2) is 18.5 Å². The number of nitrogens with zero attached hydrogens (tertiary/aromatic N) is 4. The number of imide groups is 1. The Kier molecular flexibility index (Phi) is 3.16. The Balaban J connectivity index is 2.31. The van der Waals surface area contributed by atoms with Gasteiger partial charge < -0.3 is 0 Å². The zero-order chi connectivity index (χ0) is 13.1. The van der Waals surface area contributed by atoms with E-state index in [0.29, 0.717) is 17.9 Å². The molecule has 0 radical (unpaired) electrons. The summed E-state index contributed by atoms with van der Waals surface area (Å²) in [6.07, 6.45) is 0.281. The maximum absolute atomic E-state index is 11.7. The van der Waals surface area contributed by atoms with Crippen molar-refractivity contribution in [2.24, 2.45) is 5.11 Å². The summed E-state index contributed by atoms with van der Waals surface area (Å²) in [4.78, 5) is 26.9. The van der Waals surface area contributed by atoms with Crippen molar-refractivity contribution in [2.45, 2.75) is 13.3 Å². The van der Waals surface area contributed by atoms with Gasteiger partial charge in [-0.1, -0.05) is 11.2 Å². The van der Waals surface area contributed by atoms with Crippen LogP contribution in [0.2, 0.25) is 0 Å². The van der Waals surface area contributed by atoms with Crippen molar-refractivity contribution in [1.29, 1.82) is 0 Å². The van der Waals surface area contributed by atoms with Crippen LogP contribution in [0.5, 0.6) is 0 Å². The molecule has 1 aliphatic rings. The molecule has 92 valence electrons. The summed E-state index contributed by atoms with van der Waals surface area (Å²) in [6.45, 7) is 2.17. The molecule has 1 aromatic carbocycles. The van der Waals surface area contributed by atoms with Crippen molar-refractivity contribution in [1.82, 2.24) is 5.32 Å². The molecule has 1 saturated heterocycles. The molecule has 1 aromatic rings. The monoisotopic (exact) mass is 245 g/mol. The third kappa shape index (κ3) is 2.26. The quantitative estimate of drug-likeness (QED) is 0.491. The summed E-state index contributed by atoms with van der Waals surface area (Å²) in [5, 5.41) is 5.75. The summed E-state index contributed by atoms with van der Waals surface area (Å²) in [5.41, 5.74) is 10.4. The molecule has 0 spiro atoms. The number of nitrogens with one attached hydrogen (secondary N) is 1. The molecule has 0 saturated carbocycles. The third-order valence-electron chi connectivity index (χ3n) is 2.69. The highest BCUT2D eigenvalue weighted by Gasteiger charge is 2.25. The summed E-state index contributed by atoms with van der Waals surface area (Å²) in [7, 11) is 0. The van der Waals surface area contributed by atoms with Gasteiger partial charge in [0.15, 0.2) is 0 Å². The van der Waals surface area contributed by atoms with Crippen LogP contribution in [-0.2, 0) is 4.79 Å². The second-order valence-electron chi connectivity index (χ2n) is 3.92. The summed E-state index contributed by atoms with van der Waals surface area (Å²) in [6, 6.07) is 4.60. The molecular formula is C11H11N5O2. The van der Waals surface area contributed by atoms with Gasteiger partial charge in [0.05, 0.1) is 0 Å². The predicted molar refractivity (Wildman–Crippen MR) is 65.5 cm³/mol. The van der Waals surface area contributed by atoms with Crippen molar-refractivity contribution in [3.63, 3.8) is 0 Å². The Morgan fingerprint density at radius 2 is 2.22 bits per heavy atom. The van der Waals surface area contributed by atoms with Crippen LogP contribution in [0.3, 0.4) is 0 Å². The molecule has 2 rings (SSSR count). The molecule has 0 aromatic heterocycles. The van der Waals surface area contributed by atoms with Crippen molar-refractivity contribution in [2.75, 3.05) is 11.4 Å². The van der Waals surface area contributed by atoms with E-state index in [9.17, 15) is 9.59 Å². The number of anilines is 1. The highest BCUT2D eigenvalue weighted by atomic mass is 16.2. The van der Waals surface area contributed by atoms with E-state index in [4.69, 9.17) is 5.53 Å². The Morgan fingerprint density at radius 1 is 1.44 bits per heavy atom. The number of azide groups is 1. The largest absolute Gasteiger partial charge is 0.328 e. The molecule has 0 bridgehead atoms. The maximum Gasteiger partial charge on any atom is 0.328 e. The van der Waals surface area contributed by atoms with E-state index >= 15 is 0 Å². The van der Waals surface area contributed by atoms with Crippen LogP contribution < -0.4 is 10.2 Å². The first-order valence-electron chi connectivity index (χ1n) is 5.39. The Hall–Kier alpha value is -2.53. The fraction of sp³-hybridized carbons (Fsp3) is 0.273. The van der Waals surface area contributed by atoms with Gasteiger partial charge in [-0.3, -0.25) is 15.0 Å². The summed E-state index contributed by atoms with van der Waals surface area (Å²) >= 11 is 0. The van der Waals surface area contributed by atoms with Crippen molar-refractivity contribution < 1.29 is 9.59 Å². The molecule has 1 heterocycles. The molecule has 7 nitrogen and oxygen atoms in total. The highest BCUT2D eigenvalue weighted by Crippen LogP contribution is 2.26. The second kappa shape index (κ2) is 4.77. The molecule has 1 N–H and O–H groups in total. The van der Waals surface area contributed by atoms with Crippen LogP contribution in [0.25, 0.3) is 10.4 Å². The highest BCUT2D eigenvalue weighted by molar-refractivity contribution is 6.05. The molecule has 1 aliphatic heterocycles. The number of carbonyl (C=O) groups is 2. The first kappa shape index (κ1) is 11.9. The van der Waals surface area contributed by atoms with E-state index in [1.807, 2.05) is 6.92 Å². The number of hydrogen-bond acceptors (Lipinski definition) is 3. The number of carbonyl (C=O) groups excluding carboxylic acids is 2. The van der Waals surface area contributed by atoms with E-state index < -0.39 is 6.03 Å². The van der Waals surface area contributed by atoms with Gasteiger partial charge in [0, 0.05) is 29.3 Å². The first-order valence-corrected chi connectivity index (χ1v) is 5.39.